The number of likely N-dealkylation sites (N-methyl/N-ethyl adjacent to an activating group) is 1. The number of thiazole rings is 1. The predicted octanol–water partition coefficient (Wildman–Crippen LogP) is 2.28. The van der Waals surface area contributed by atoms with Crippen LogP contribution in [0.2, 0.25) is 0 Å². The van der Waals surface area contributed by atoms with Crippen molar-refractivity contribution in [1.29, 1.82) is 0 Å². The fraction of sp³-hybridized carbons (Fsp3) is 0.250. The number of amides is 1. The molecular formula is C24H25ClN3OS-. The van der Waals surface area contributed by atoms with Gasteiger partial charge in [-0.15, -0.1) is 0 Å². The van der Waals surface area contributed by atoms with Crippen molar-refractivity contribution in [3.8, 4) is 0 Å². The third-order valence-corrected chi connectivity index (χ3v) is 6.28. The molecule has 0 spiro atoms. The van der Waals surface area contributed by atoms with E-state index in [1.807, 2.05) is 55.4 Å². The SMILES string of the molecule is Cc1cc(C)c2sc(N(CCN(C)C)C(=O)c3ccc4ccccc4c3)nc2c1.[Cl-]. The van der Waals surface area contributed by atoms with Gasteiger partial charge >= 0.3 is 0 Å². The highest BCUT2D eigenvalue weighted by Crippen LogP contribution is 2.33. The van der Waals surface area contributed by atoms with Gasteiger partial charge in [-0.05, 0) is 68.0 Å². The molecule has 0 unspecified atom stereocenters. The van der Waals surface area contributed by atoms with Crippen molar-refractivity contribution >= 4 is 43.4 Å². The number of aryl methyl sites for hydroxylation is 2. The van der Waals surface area contributed by atoms with E-state index in [2.05, 4.69) is 36.9 Å². The molecule has 1 aromatic heterocycles. The van der Waals surface area contributed by atoms with Crippen molar-refractivity contribution in [2.45, 2.75) is 13.8 Å². The van der Waals surface area contributed by atoms with Gasteiger partial charge in [0.25, 0.3) is 5.91 Å². The number of anilines is 1. The number of carbonyl (C=O) groups excluding carboxylic acids is 1. The Hall–Kier alpha value is -2.47. The van der Waals surface area contributed by atoms with Gasteiger partial charge in [-0.3, -0.25) is 9.69 Å². The topological polar surface area (TPSA) is 36.4 Å². The monoisotopic (exact) mass is 438 g/mol. The molecule has 0 atom stereocenters. The second-order valence-electron chi connectivity index (χ2n) is 7.75. The number of rotatable bonds is 5. The van der Waals surface area contributed by atoms with Gasteiger partial charge in [0.05, 0.1) is 10.2 Å². The van der Waals surface area contributed by atoms with Crippen LogP contribution < -0.4 is 17.3 Å². The third kappa shape index (κ3) is 4.48. The third-order valence-electron chi connectivity index (χ3n) is 5.05. The van der Waals surface area contributed by atoms with E-state index in [-0.39, 0.29) is 18.3 Å². The van der Waals surface area contributed by atoms with E-state index in [1.54, 1.807) is 11.3 Å². The number of benzene rings is 3. The molecule has 4 aromatic rings. The summed E-state index contributed by atoms with van der Waals surface area (Å²) in [5.74, 6) is -0.00830. The van der Waals surface area contributed by atoms with Crippen LogP contribution in [0.1, 0.15) is 21.5 Å². The molecule has 0 N–H and O–H groups in total. The summed E-state index contributed by atoms with van der Waals surface area (Å²) in [5.41, 5.74) is 4.04. The lowest BCUT2D eigenvalue weighted by molar-refractivity contribution is -0.0000136. The second kappa shape index (κ2) is 9.13. The summed E-state index contributed by atoms with van der Waals surface area (Å²) in [6, 6.07) is 18.3. The van der Waals surface area contributed by atoms with Gasteiger partial charge in [-0.2, -0.15) is 0 Å². The molecule has 0 saturated heterocycles. The van der Waals surface area contributed by atoms with Crippen LogP contribution in [0.3, 0.4) is 0 Å². The number of aromatic nitrogens is 1. The van der Waals surface area contributed by atoms with Gasteiger partial charge in [-0.25, -0.2) is 4.98 Å². The van der Waals surface area contributed by atoms with E-state index in [4.69, 9.17) is 4.98 Å². The van der Waals surface area contributed by atoms with Crippen LogP contribution in [0.5, 0.6) is 0 Å². The lowest BCUT2D eigenvalue weighted by Crippen LogP contribution is -3.00. The van der Waals surface area contributed by atoms with Crippen LogP contribution in [0.25, 0.3) is 21.0 Å². The predicted molar refractivity (Wildman–Crippen MR) is 123 cm³/mol. The number of hydrogen-bond acceptors (Lipinski definition) is 4. The van der Waals surface area contributed by atoms with E-state index < -0.39 is 0 Å². The summed E-state index contributed by atoms with van der Waals surface area (Å²) in [4.78, 5) is 22.2. The average molecular weight is 439 g/mol. The standard InChI is InChI=1S/C24H25N3OS.ClH/c1-16-13-17(2)22-21(14-16)25-24(29-22)27(12-11-26(3)4)23(28)20-10-9-18-7-5-6-8-19(18)15-20;/h5-10,13-15H,11-12H2,1-4H3;1H/p-1. The molecule has 1 heterocycles. The number of hydrogen-bond donors (Lipinski definition) is 0. The van der Waals surface area contributed by atoms with Crippen molar-refractivity contribution in [2.24, 2.45) is 0 Å². The normalized spacial score (nSPS) is 11.1. The minimum absolute atomic E-state index is 0. The van der Waals surface area contributed by atoms with E-state index >= 15 is 0 Å². The van der Waals surface area contributed by atoms with Gasteiger partial charge in [0.1, 0.15) is 0 Å². The Labute approximate surface area is 187 Å². The molecule has 3 aromatic carbocycles. The molecule has 156 valence electrons. The minimum atomic E-state index is -0.00830. The van der Waals surface area contributed by atoms with Gasteiger partial charge < -0.3 is 17.3 Å². The Morgan fingerprint density at radius 3 is 2.43 bits per heavy atom. The first-order valence-corrected chi connectivity index (χ1v) is 10.6. The Morgan fingerprint density at radius 2 is 1.70 bits per heavy atom. The van der Waals surface area contributed by atoms with Crippen LogP contribution >= 0.6 is 11.3 Å². The quantitative estimate of drug-likeness (QED) is 0.479. The molecule has 6 heteroatoms. The fourth-order valence-corrected chi connectivity index (χ4v) is 4.58. The number of nitrogens with zero attached hydrogens (tertiary/aromatic N) is 3. The van der Waals surface area contributed by atoms with Crippen molar-refractivity contribution in [2.75, 3.05) is 32.1 Å². The Morgan fingerprint density at radius 1 is 0.967 bits per heavy atom. The summed E-state index contributed by atoms with van der Waals surface area (Å²) in [6.45, 7) is 5.55. The zero-order valence-electron chi connectivity index (χ0n) is 17.6. The van der Waals surface area contributed by atoms with Crippen molar-refractivity contribution < 1.29 is 17.2 Å². The molecule has 0 aliphatic carbocycles. The lowest BCUT2D eigenvalue weighted by Gasteiger charge is -2.22. The van der Waals surface area contributed by atoms with E-state index in [0.717, 1.165) is 32.7 Å². The van der Waals surface area contributed by atoms with Gasteiger partial charge in [0, 0.05) is 18.7 Å². The molecule has 30 heavy (non-hydrogen) atoms. The number of fused-ring (bicyclic) bond motifs is 2. The largest absolute Gasteiger partial charge is 1.00 e. The number of carbonyl (C=O) groups is 1. The Kier molecular flexibility index (Phi) is 6.76. The molecule has 4 rings (SSSR count). The molecule has 0 aliphatic heterocycles. The van der Waals surface area contributed by atoms with Crippen LogP contribution in [0, 0.1) is 13.8 Å². The Balaban J connectivity index is 0.00000256. The highest BCUT2D eigenvalue weighted by atomic mass is 35.5. The zero-order chi connectivity index (χ0) is 20.5. The molecule has 4 nitrogen and oxygen atoms in total. The molecule has 0 bridgehead atoms. The van der Waals surface area contributed by atoms with Gasteiger partial charge in [0.2, 0.25) is 0 Å². The smallest absolute Gasteiger partial charge is 0.260 e. The van der Waals surface area contributed by atoms with Crippen molar-refractivity contribution in [3.63, 3.8) is 0 Å². The van der Waals surface area contributed by atoms with Gasteiger partial charge in [0.15, 0.2) is 5.13 Å². The molecule has 0 saturated carbocycles. The summed E-state index contributed by atoms with van der Waals surface area (Å²) in [7, 11) is 4.04. The zero-order valence-corrected chi connectivity index (χ0v) is 19.2. The van der Waals surface area contributed by atoms with E-state index in [1.165, 1.54) is 11.1 Å². The van der Waals surface area contributed by atoms with Crippen LogP contribution in [0.4, 0.5) is 5.13 Å². The lowest BCUT2D eigenvalue weighted by atomic mass is 10.1. The van der Waals surface area contributed by atoms with Crippen molar-refractivity contribution in [1.82, 2.24) is 9.88 Å². The molecule has 1 amide bonds. The summed E-state index contributed by atoms with van der Waals surface area (Å²) in [5, 5.41) is 2.96. The first-order valence-electron chi connectivity index (χ1n) is 9.75. The molecule has 0 fully saturated rings. The van der Waals surface area contributed by atoms with Crippen LogP contribution in [-0.2, 0) is 0 Å². The van der Waals surface area contributed by atoms with Crippen LogP contribution in [-0.4, -0.2) is 43.0 Å². The minimum Gasteiger partial charge on any atom is -1.00 e. The van der Waals surface area contributed by atoms with Gasteiger partial charge in [-0.1, -0.05) is 47.7 Å². The summed E-state index contributed by atoms with van der Waals surface area (Å²) in [6.07, 6.45) is 0. The molecular weight excluding hydrogens is 414 g/mol. The average Bonchev–Trinajstić information content (AvgIpc) is 3.11. The summed E-state index contributed by atoms with van der Waals surface area (Å²) >= 11 is 1.59. The molecule has 0 radical (unpaired) electrons. The maximum Gasteiger partial charge on any atom is 0.260 e. The second-order valence-corrected chi connectivity index (χ2v) is 8.73. The van der Waals surface area contributed by atoms with E-state index in [9.17, 15) is 4.79 Å². The van der Waals surface area contributed by atoms with Crippen LogP contribution in [0.15, 0.2) is 54.6 Å². The summed E-state index contributed by atoms with van der Waals surface area (Å²) < 4.78 is 1.15. The maximum absolute atomic E-state index is 13.5. The van der Waals surface area contributed by atoms with Crippen molar-refractivity contribution in [3.05, 3.63) is 71.3 Å². The van der Waals surface area contributed by atoms with E-state index in [0.29, 0.717) is 12.1 Å². The maximum atomic E-state index is 13.5. The first-order chi connectivity index (χ1) is 13.9. The highest BCUT2D eigenvalue weighted by molar-refractivity contribution is 7.22. The fourth-order valence-electron chi connectivity index (χ4n) is 3.54. The highest BCUT2D eigenvalue weighted by Gasteiger charge is 2.22. The Bertz CT molecular complexity index is 1200. The first kappa shape index (κ1) is 22.2. The number of halogens is 1. The molecule has 0 aliphatic rings.